The molecule has 0 radical (unpaired) electrons. The number of carboxylic acid groups (broad SMARTS) is 1. The van der Waals surface area contributed by atoms with Crippen LogP contribution in [-0.2, 0) is 9.59 Å². The molecule has 0 aliphatic rings. The van der Waals surface area contributed by atoms with Crippen LogP contribution in [0.15, 0.2) is 24.3 Å². The molecule has 0 aromatic rings. The number of hydrogen-bond acceptors (Lipinski definition) is 2. The van der Waals surface area contributed by atoms with Crippen LogP contribution in [0.1, 0.15) is 64.7 Å². The van der Waals surface area contributed by atoms with E-state index in [0.717, 1.165) is 44.9 Å². The molecule has 0 saturated heterocycles. The van der Waals surface area contributed by atoms with E-state index in [1.807, 2.05) is 19.1 Å². The Morgan fingerprint density at radius 2 is 1.71 bits per heavy atom. The lowest BCUT2D eigenvalue weighted by atomic mass is 10.1. The quantitative estimate of drug-likeness (QED) is 0.203. The first-order valence-corrected chi connectivity index (χ1v) is 7.73. The highest BCUT2D eigenvalue weighted by atomic mass is 16.4. The van der Waals surface area contributed by atoms with Gasteiger partial charge in [0.2, 0.25) is 5.78 Å². The second kappa shape index (κ2) is 14.6. The van der Waals surface area contributed by atoms with Gasteiger partial charge in [-0.15, -0.1) is 0 Å². The summed E-state index contributed by atoms with van der Waals surface area (Å²) in [4.78, 5) is 21.5. The van der Waals surface area contributed by atoms with Crippen molar-refractivity contribution in [2.24, 2.45) is 0 Å². The van der Waals surface area contributed by atoms with Gasteiger partial charge < -0.3 is 5.11 Å². The highest BCUT2D eigenvalue weighted by Gasteiger charge is 1.95. The molecule has 0 fully saturated rings. The molecule has 21 heavy (non-hydrogen) atoms. The van der Waals surface area contributed by atoms with E-state index in [9.17, 15) is 9.59 Å². The summed E-state index contributed by atoms with van der Waals surface area (Å²) in [5.41, 5.74) is 0. The Hall–Kier alpha value is -1.82. The zero-order valence-corrected chi connectivity index (χ0v) is 12.9. The minimum atomic E-state index is -0.706. The molecular weight excluding hydrogens is 264 g/mol. The number of carbonyl (C=O) groups is 2. The first-order chi connectivity index (χ1) is 10.2. The Morgan fingerprint density at radius 1 is 1.00 bits per heavy atom. The van der Waals surface area contributed by atoms with Gasteiger partial charge >= 0.3 is 5.97 Å². The van der Waals surface area contributed by atoms with Crippen LogP contribution in [0.2, 0.25) is 0 Å². The van der Waals surface area contributed by atoms with Crippen LogP contribution < -0.4 is 0 Å². The molecule has 0 aromatic heterocycles. The number of allylic oxidation sites excluding steroid dienone is 4. The zero-order chi connectivity index (χ0) is 15.8. The van der Waals surface area contributed by atoms with Crippen molar-refractivity contribution in [1.29, 1.82) is 0 Å². The lowest BCUT2D eigenvalue weighted by Crippen LogP contribution is -1.93. The van der Waals surface area contributed by atoms with Gasteiger partial charge in [0, 0.05) is 12.8 Å². The summed E-state index contributed by atoms with van der Waals surface area (Å²) >= 11 is 0. The minimum absolute atomic E-state index is 0.133. The molecule has 0 spiro atoms. The summed E-state index contributed by atoms with van der Waals surface area (Å²) in [6, 6.07) is 0. The molecule has 1 N–H and O–H groups in total. The average molecular weight is 290 g/mol. The number of rotatable bonds is 11. The molecule has 3 heteroatoms. The summed E-state index contributed by atoms with van der Waals surface area (Å²) in [5, 5.41) is 8.49. The van der Waals surface area contributed by atoms with Crippen LogP contribution in [0.4, 0.5) is 0 Å². The van der Waals surface area contributed by atoms with E-state index in [2.05, 4.69) is 17.9 Å². The Morgan fingerprint density at radius 3 is 2.43 bits per heavy atom. The number of unbranched alkanes of at least 4 members (excludes halogenated alkanes) is 5. The molecule has 0 amide bonds. The number of carboxylic acids is 1. The molecule has 0 heterocycles. The van der Waals surface area contributed by atoms with Gasteiger partial charge in [0.1, 0.15) is 0 Å². The van der Waals surface area contributed by atoms with Gasteiger partial charge in [0.15, 0.2) is 0 Å². The van der Waals surface area contributed by atoms with Gasteiger partial charge in [-0.3, -0.25) is 9.59 Å². The monoisotopic (exact) mass is 290 g/mol. The van der Waals surface area contributed by atoms with Gasteiger partial charge in [-0.25, -0.2) is 0 Å². The Balaban J connectivity index is 3.45. The van der Waals surface area contributed by atoms with E-state index >= 15 is 0 Å². The molecule has 0 aliphatic heterocycles. The van der Waals surface area contributed by atoms with Crippen molar-refractivity contribution in [1.82, 2.24) is 0 Å². The highest BCUT2D eigenvalue weighted by molar-refractivity contribution is 6.04. The molecule has 0 saturated carbocycles. The maximum atomic E-state index is 11.2. The molecule has 0 unspecified atom stereocenters. The highest BCUT2D eigenvalue weighted by Crippen LogP contribution is 2.07. The second-order valence-electron chi connectivity index (χ2n) is 4.85. The van der Waals surface area contributed by atoms with Crippen molar-refractivity contribution in [3.05, 3.63) is 24.3 Å². The number of ketones is 1. The molecule has 0 atom stereocenters. The maximum absolute atomic E-state index is 11.2. The predicted molar refractivity (Wildman–Crippen MR) is 85.9 cm³/mol. The van der Waals surface area contributed by atoms with Gasteiger partial charge in [-0.1, -0.05) is 50.3 Å². The Kier molecular flexibility index (Phi) is 13.3. The number of carbonyl (C=O) groups excluding carboxylic acids is 1. The van der Waals surface area contributed by atoms with Gasteiger partial charge in [-0.2, -0.15) is 0 Å². The lowest BCUT2D eigenvalue weighted by Gasteiger charge is -1.97. The van der Waals surface area contributed by atoms with E-state index in [0.29, 0.717) is 6.42 Å². The Bertz CT molecular complexity index is 408. The van der Waals surface area contributed by atoms with Crippen LogP contribution in [0.5, 0.6) is 0 Å². The smallest absolute Gasteiger partial charge is 0.303 e. The molecule has 0 aromatic carbocycles. The summed E-state index contributed by atoms with van der Waals surface area (Å²) in [5.74, 6) is 4.57. The van der Waals surface area contributed by atoms with E-state index in [1.54, 1.807) is 0 Å². The Labute approximate surface area is 128 Å². The van der Waals surface area contributed by atoms with Crippen molar-refractivity contribution in [2.45, 2.75) is 64.7 Å². The molecule has 0 rings (SSSR count). The fourth-order valence-corrected chi connectivity index (χ4v) is 1.73. The number of hydrogen-bond donors (Lipinski definition) is 1. The van der Waals surface area contributed by atoms with Gasteiger partial charge in [0.25, 0.3) is 0 Å². The maximum Gasteiger partial charge on any atom is 0.303 e. The molecule has 0 aliphatic carbocycles. The van der Waals surface area contributed by atoms with Crippen LogP contribution >= 0.6 is 0 Å². The van der Waals surface area contributed by atoms with Crippen molar-refractivity contribution in [3.63, 3.8) is 0 Å². The number of aliphatic carboxylic acids is 1. The fraction of sp³-hybridized carbons (Fsp3) is 0.556. The predicted octanol–water partition coefficient (Wildman–Crippen LogP) is 4.29. The average Bonchev–Trinajstić information content (AvgIpc) is 2.45. The van der Waals surface area contributed by atoms with Crippen molar-refractivity contribution in [2.75, 3.05) is 0 Å². The van der Waals surface area contributed by atoms with Crippen molar-refractivity contribution >= 4 is 11.8 Å². The van der Waals surface area contributed by atoms with Crippen molar-refractivity contribution < 1.29 is 14.7 Å². The lowest BCUT2D eigenvalue weighted by molar-refractivity contribution is -0.137. The third kappa shape index (κ3) is 16.1. The minimum Gasteiger partial charge on any atom is -0.481 e. The zero-order valence-electron chi connectivity index (χ0n) is 12.9. The topological polar surface area (TPSA) is 54.4 Å². The van der Waals surface area contributed by atoms with E-state index < -0.39 is 5.97 Å². The second-order valence-corrected chi connectivity index (χ2v) is 4.85. The largest absolute Gasteiger partial charge is 0.481 e. The van der Waals surface area contributed by atoms with Gasteiger partial charge in [0.05, 0.1) is 0 Å². The third-order valence-corrected chi connectivity index (χ3v) is 2.86. The summed E-state index contributed by atoms with van der Waals surface area (Å²) in [6.07, 6.45) is 15.3. The van der Waals surface area contributed by atoms with E-state index in [4.69, 9.17) is 5.11 Å². The van der Waals surface area contributed by atoms with Gasteiger partial charge in [-0.05, 0) is 37.7 Å². The van der Waals surface area contributed by atoms with Crippen LogP contribution in [0.25, 0.3) is 0 Å². The van der Waals surface area contributed by atoms with Crippen LogP contribution in [0.3, 0.4) is 0 Å². The fourth-order valence-electron chi connectivity index (χ4n) is 1.73. The SMILES string of the molecule is CCC=CC(=O)C#CCC=CCCCCCCCC(=O)O. The molecular formula is C18H26O3. The summed E-state index contributed by atoms with van der Waals surface area (Å²) in [6.45, 7) is 1.98. The van der Waals surface area contributed by atoms with Crippen LogP contribution in [0, 0.1) is 11.8 Å². The van der Waals surface area contributed by atoms with Crippen molar-refractivity contribution in [3.8, 4) is 11.8 Å². The van der Waals surface area contributed by atoms with Crippen LogP contribution in [-0.4, -0.2) is 16.9 Å². The summed E-state index contributed by atoms with van der Waals surface area (Å²) in [7, 11) is 0. The molecule has 0 bridgehead atoms. The standard InChI is InChI=1S/C18H26O3/c1-2-3-14-17(19)15-12-10-8-6-4-5-7-9-11-13-16-18(20)21/h3,6,8,14H,2,4-5,7,9-11,13,16H2,1H3,(H,20,21). The first kappa shape index (κ1) is 19.2. The van der Waals surface area contributed by atoms with E-state index in [1.165, 1.54) is 6.08 Å². The normalized spacial score (nSPS) is 10.7. The molecule has 3 nitrogen and oxygen atoms in total. The first-order valence-electron chi connectivity index (χ1n) is 7.73. The third-order valence-electron chi connectivity index (χ3n) is 2.86. The summed E-state index contributed by atoms with van der Waals surface area (Å²) < 4.78 is 0. The van der Waals surface area contributed by atoms with E-state index in [-0.39, 0.29) is 12.2 Å². The molecule has 116 valence electrons.